The fourth-order valence-electron chi connectivity index (χ4n) is 2.33. The molecule has 0 saturated carbocycles. The van der Waals surface area contributed by atoms with E-state index in [0.29, 0.717) is 6.61 Å². The van der Waals surface area contributed by atoms with Crippen molar-refractivity contribution >= 4 is 5.97 Å². The van der Waals surface area contributed by atoms with Crippen molar-refractivity contribution in [3.63, 3.8) is 0 Å². The number of rotatable bonds is 5. The van der Waals surface area contributed by atoms with Crippen molar-refractivity contribution in [2.24, 2.45) is 0 Å². The maximum Gasteiger partial charge on any atom is 0.307 e. The lowest BCUT2D eigenvalue weighted by Gasteiger charge is -2.15. The van der Waals surface area contributed by atoms with Gasteiger partial charge in [0.05, 0.1) is 6.42 Å². The second kappa shape index (κ2) is 6.44. The molecule has 0 atom stereocenters. The molecule has 2 rings (SSSR count). The van der Waals surface area contributed by atoms with Crippen LogP contribution in [0.5, 0.6) is 5.75 Å². The molecule has 1 N–H and O–H groups in total. The number of aliphatic carboxylic acids is 1. The third-order valence-corrected chi connectivity index (χ3v) is 3.71. The molecule has 0 heterocycles. The zero-order valence-electron chi connectivity index (χ0n) is 12.6. The highest BCUT2D eigenvalue weighted by Gasteiger charge is 2.10. The van der Waals surface area contributed by atoms with Gasteiger partial charge >= 0.3 is 5.97 Å². The Balaban J connectivity index is 2.21. The Bertz CT molecular complexity index is 660. The predicted octanol–water partition coefficient (Wildman–Crippen LogP) is 3.82. The highest BCUT2D eigenvalue weighted by Crippen LogP contribution is 2.27. The summed E-state index contributed by atoms with van der Waals surface area (Å²) in [6, 6.07) is 11.6. The zero-order valence-corrected chi connectivity index (χ0v) is 12.6. The van der Waals surface area contributed by atoms with E-state index in [1.807, 2.05) is 44.2 Å². The van der Waals surface area contributed by atoms with Crippen LogP contribution in [0.2, 0.25) is 0 Å². The van der Waals surface area contributed by atoms with Gasteiger partial charge in [0.15, 0.2) is 0 Å². The van der Waals surface area contributed by atoms with E-state index >= 15 is 0 Å². The summed E-state index contributed by atoms with van der Waals surface area (Å²) in [4.78, 5) is 10.9. The van der Waals surface area contributed by atoms with E-state index in [9.17, 15) is 4.79 Å². The largest absolute Gasteiger partial charge is 0.488 e. The molecule has 0 unspecified atom stereocenters. The second-order valence-corrected chi connectivity index (χ2v) is 5.28. The van der Waals surface area contributed by atoms with E-state index in [2.05, 4.69) is 13.0 Å². The molecule has 0 radical (unpaired) electrons. The van der Waals surface area contributed by atoms with Gasteiger partial charge in [-0.05, 0) is 48.6 Å². The maximum atomic E-state index is 10.9. The van der Waals surface area contributed by atoms with E-state index in [1.165, 1.54) is 5.56 Å². The van der Waals surface area contributed by atoms with Gasteiger partial charge in [-0.25, -0.2) is 0 Å². The standard InChI is InChI=1S/C18H20O3/c1-12-8-9-13(2)18(14(12)3)21-11-16-7-5-4-6-15(16)10-17(19)20/h4-9H,10-11H2,1-3H3,(H,19,20). The summed E-state index contributed by atoms with van der Waals surface area (Å²) in [5.74, 6) is 0.0606. The Morgan fingerprint density at radius 3 is 2.29 bits per heavy atom. The smallest absolute Gasteiger partial charge is 0.307 e. The molecule has 0 aliphatic rings. The minimum atomic E-state index is -0.828. The number of aryl methyl sites for hydroxylation is 2. The monoisotopic (exact) mass is 284 g/mol. The third-order valence-electron chi connectivity index (χ3n) is 3.71. The summed E-state index contributed by atoms with van der Waals surface area (Å²) in [5, 5.41) is 8.96. The topological polar surface area (TPSA) is 46.5 Å². The fourth-order valence-corrected chi connectivity index (χ4v) is 2.33. The zero-order chi connectivity index (χ0) is 15.4. The van der Waals surface area contributed by atoms with Crippen LogP contribution in [0.1, 0.15) is 27.8 Å². The normalized spacial score (nSPS) is 10.4. The van der Waals surface area contributed by atoms with Crippen LogP contribution in [0.15, 0.2) is 36.4 Å². The van der Waals surface area contributed by atoms with Crippen molar-refractivity contribution < 1.29 is 14.6 Å². The number of ether oxygens (including phenoxy) is 1. The van der Waals surface area contributed by atoms with Crippen molar-refractivity contribution in [3.05, 3.63) is 64.2 Å². The summed E-state index contributed by atoms with van der Waals surface area (Å²) in [6.45, 7) is 6.50. The molecule has 3 heteroatoms. The van der Waals surface area contributed by atoms with Crippen LogP contribution in [0.25, 0.3) is 0 Å². The quantitative estimate of drug-likeness (QED) is 0.908. The van der Waals surface area contributed by atoms with E-state index in [1.54, 1.807) is 0 Å². The van der Waals surface area contributed by atoms with Crippen molar-refractivity contribution in [2.45, 2.75) is 33.8 Å². The van der Waals surface area contributed by atoms with Gasteiger partial charge in [-0.15, -0.1) is 0 Å². The molecule has 0 fully saturated rings. The predicted molar refractivity (Wildman–Crippen MR) is 82.8 cm³/mol. The van der Waals surface area contributed by atoms with Crippen LogP contribution in [0.4, 0.5) is 0 Å². The van der Waals surface area contributed by atoms with Crippen LogP contribution < -0.4 is 4.74 Å². The molecule has 2 aromatic rings. The third kappa shape index (κ3) is 3.63. The van der Waals surface area contributed by atoms with Crippen LogP contribution in [-0.2, 0) is 17.8 Å². The van der Waals surface area contributed by atoms with Crippen LogP contribution in [-0.4, -0.2) is 11.1 Å². The Kier molecular flexibility index (Phi) is 4.63. The average Bonchev–Trinajstić information content (AvgIpc) is 2.44. The molecule has 0 saturated heterocycles. The summed E-state index contributed by atoms with van der Waals surface area (Å²) in [6.07, 6.45) is 0.0192. The number of carboxylic acids is 1. The molecule has 110 valence electrons. The lowest BCUT2D eigenvalue weighted by atomic mass is 10.0. The lowest BCUT2D eigenvalue weighted by Crippen LogP contribution is -2.07. The van der Waals surface area contributed by atoms with E-state index < -0.39 is 5.97 Å². The van der Waals surface area contributed by atoms with Crippen LogP contribution in [0.3, 0.4) is 0 Å². The first kappa shape index (κ1) is 15.1. The molecule has 0 bridgehead atoms. The highest BCUT2D eigenvalue weighted by atomic mass is 16.5. The first-order valence-electron chi connectivity index (χ1n) is 6.97. The number of carboxylic acid groups (broad SMARTS) is 1. The van der Waals surface area contributed by atoms with Gasteiger partial charge in [0, 0.05) is 0 Å². The van der Waals surface area contributed by atoms with Gasteiger partial charge in [-0.3, -0.25) is 4.79 Å². The minimum Gasteiger partial charge on any atom is -0.488 e. The molecule has 2 aromatic carbocycles. The summed E-state index contributed by atoms with van der Waals surface area (Å²) in [5.41, 5.74) is 5.13. The maximum absolute atomic E-state index is 10.9. The van der Waals surface area contributed by atoms with Crippen molar-refractivity contribution in [3.8, 4) is 5.75 Å². The first-order chi connectivity index (χ1) is 9.99. The van der Waals surface area contributed by atoms with Crippen LogP contribution >= 0.6 is 0 Å². The van der Waals surface area contributed by atoms with Gasteiger partial charge in [0.25, 0.3) is 0 Å². The second-order valence-electron chi connectivity index (χ2n) is 5.28. The number of carbonyl (C=O) groups is 1. The lowest BCUT2D eigenvalue weighted by molar-refractivity contribution is -0.136. The van der Waals surface area contributed by atoms with Crippen molar-refractivity contribution in [1.29, 1.82) is 0 Å². The number of hydrogen-bond acceptors (Lipinski definition) is 2. The molecule has 21 heavy (non-hydrogen) atoms. The molecule has 0 amide bonds. The Morgan fingerprint density at radius 1 is 1.00 bits per heavy atom. The van der Waals surface area contributed by atoms with Gasteiger partial charge in [0.2, 0.25) is 0 Å². The summed E-state index contributed by atoms with van der Waals surface area (Å²) in [7, 11) is 0. The molecule has 3 nitrogen and oxygen atoms in total. The minimum absolute atomic E-state index is 0.0192. The summed E-state index contributed by atoms with van der Waals surface area (Å²) >= 11 is 0. The Hall–Kier alpha value is -2.29. The highest BCUT2D eigenvalue weighted by molar-refractivity contribution is 5.70. The Morgan fingerprint density at radius 2 is 1.62 bits per heavy atom. The van der Waals surface area contributed by atoms with Crippen molar-refractivity contribution in [2.75, 3.05) is 0 Å². The van der Waals surface area contributed by atoms with E-state index in [4.69, 9.17) is 9.84 Å². The Labute approximate surface area is 125 Å². The van der Waals surface area contributed by atoms with Crippen LogP contribution in [0, 0.1) is 20.8 Å². The van der Waals surface area contributed by atoms with Crippen molar-refractivity contribution in [1.82, 2.24) is 0 Å². The molecular weight excluding hydrogens is 264 g/mol. The van der Waals surface area contributed by atoms with Gasteiger partial charge < -0.3 is 9.84 Å². The molecule has 0 aromatic heterocycles. The van der Waals surface area contributed by atoms with Gasteiger partial charge in [-0.2, -0.15) is 0 Å². The number of benzene rings is 2. The number of hydrogen-bond donors (Lipinski definition) is 1. The van der Waals surface area contributed by atoms with Gasteiger partial charge in [0.1, 0.15) is 12.4 Å². The SMILES string of the molecule is Cc1ccc(C)c(OCc2ccccc2CC(=O)O)c1C. The summed E-state index contributed by atoms with van der Waals surface area (Å²) < 4.78 is 5.96. The molecule has 0 aliphatic heterocycles. The van der Waals surface area contributed by atoms with E-state index in [0.717, 1.165) is 28.0 Å². The molecule has 0 spiro atoms. The average molecular weight is 284 g/mol. The van der Waals surface area contributed by atoms with Gasteiger partial charge in [-0.1, -0.05) is 36.4 Å². The fraction of sp³-hybridized carbons (Fsp3) is 0.278. The molecular formula is C18H20O3. The van der Waals surface area contributed by atoms with E-state index in [-0.39, 0.29) is 6.42 Å². The first-order valence-corrected chi connectivity index (χ1v) is 6.97. The molecule has 0 aliphatic carbocycles.